The Bertz CT molecular complexity index is 687. The molecule has 7 heteroatoms. The first-order valence-corrected chi connectivity index (χ1v) is 8.37. The molecule has 3 rings (SSSR count). The summed E-state index contributed by atoms with van der Waals surface area (Å²) in [7, 11) is 0. The largest absolute Gasteiger partial charge is 0.381 e. The lowest BCUT2D eigenvalue weighted by Gasteiger charge is -2.34. The van der Waals surface area contributed by atoms with Gasteiger partial charge in [-0.25, -0.2) is 0 Å². The molecule has 3 heterocycles. The number of primary amides is 1. The van der Waals surface area contributed by atoms with E-state index in [0.717, 1.165) is 5.69 Å². The topological polar surface area (TPSA) is 86.4 Å². The van der Waals surface area contributed by atoms with Gasteiger partial charge in [-0.1, -0.05) is 0 Å². The van der Waals surface area contributed by atoms with E-state index in [4.69, 9.17) is 10.5 Å². The zero-order chi connectivity index (χ0) is 16.3. The number of thiophene rings is 1. The van der Waals surface area contributed by atoms with Crippen molar-refractivity contribution in [1.82, 2.24) is 9.88 Å². The lowest BCUT2D eigenvalue weighted by molar-refractivity contribution is -0.132. The van der Waals surface area contributed by atoms with Gasteiger partial charge < -0.3 is 20.4 Å². The van der Waals surface area contributed by atoms with Gasteiger partial charge in [0.15, 0.2) is 0 Å². The molecule has 2 amide bonds. The number of nitrogens with zero attached hydrogens (tertiary/aromatic N) is 1. The van der Waals surface area contributed by atoms with E-state index in [-0.39, 0.29) is 18.4 Å². The predicted octanol–water partition coefficient (Wildman–Crippen LogP) is 1.55. The molecule has 0 saturated carbocycles. The summed E-state index contributed by atoms with van der Waals surface area (Å²) in [5.74, 6) is -0.561. The lowest BCUT2D eigenvalue weighted by atomic mass is 9.79. The lowest BCUT2D eigenvalue weighted by Crippen LogP contribution is -2.49. The summed E-state index contributed by atoms with van der Waals surface area (Å²) in [6, 6.07) is 5.71. The maximum Gasteiger partial charge on any atom is 0.263 e. The second-order valence-corrected chi connectivity index (χ2v) is 6.58. The third kappa shape index (κ3) is 3.16. The maximum absolute atomic E-state index is 12.5. The van der Waals surface area contributed by atoms with E-state index in [9.17, 15) is 9.59 Å². The van der Waals surface area contributed by atoms with Crippen LogP contribution in [0.3, 0.4) is 0 Å². The molecule has 3 N–H and O–H groups in total. The highest BCUT2D eigenvalue weighted by atomic mass is 32.1. The van der Waals surface area contributed by atoms with Crippen molar-refractivity contribution in [3.8, 4) is 5.69 Å². The minimum absolute atomic E-state index is 0.184. The van der Waals surface area contributed by atoms with Gasteiger partial charge in [-0.15, -0.1) is 11.3 Å². The van der Waals surface area contributed by atoms with Crippen molar-refractivity contribution in [1.29, 1.82) is 0 Å². The Morgan fingerprint density at radius 1 is 1.30 bits per heavy atom. The minimum atomic E-state index is -0.710. The smallest absolute Gasteiger partial charge is 0.263 e. The SMILES string of the molecule is NC(=O)C1(CNC(=O)c2sccc2-n2cccc2)CCOCC1. The number of nitrogens with two attached hydrogens (primary N) is 1. The van der Waals surface area contributed by atoms with Gasteiger partial charge in [0.05, 0.1) is 11.1 Å². The summed E-state index contributed by atoms with van der Waals surface area (Å²) >= 11 is 1.38. The molecular formula is C16H19N3O3S. The van der Waals surface area contributed by atoms with Crippen LogP contribution in [0.4, 0.5) is 0 Å². The molecule has 6 nitrogen and oxygen atoms in total. The molecule has 0 aliphatic carbocycles. The first-order chi connectivity index (χ1) is 11.1. The van der Waals surface area contributed by atoms with Crippen LogP contribution >= 0.6 is 11.3 Å². The number of ether oxygens (including phenoxy) is 1. The number of hydrogen-bond donors (Lipinski definition) is 2. The first-order valence-electron chi connectivity index (χ1n) is 7.49. The van der Waals surface area contributed by atoms with E-state index in [2.05, 4.69) is 5.32 Å². The Morgan fingerprint density at radius 3 is 2.65 bits per heavy atom. The van der Waals surface area contributed by atoms with Crippen molar-refractivity contribution in [2.24, 2.45) is 11.1 Å². The molecular weight excluding hydrogens is 314 g/mol. The van der Waals surface area contributed by atoms with Crippen LogP contribution < -0.4 is 11.1 Å². The highest BCUT2D eigenvalue weighted by Crippen LogP contribution is 2.30. The zero-order valence-corrected chi connectivity index (χ0v) is 13.5. The number of amides is 2. The van der Waals surface area contributed by atoms with Crippen molar-refractivity contribution >= 4 is 23.2 Å². The molecule has 1 saturated heterocycles. The fourth-order valence-corrected chi connectivity index (χ4v) is 3.58. The van der Waals surface area contributed by atoms with E-state index in [1.807, 2.05) is 40.5 Å². The Morgan fingerprint density at radius 2 is 2.00 bits per heavy atom. The monoisotopic (exact) mass is 333 g/mol. The molecule has 0 atom stereocenters. The number of aromatic nitrogens is 1. The Balaban J connectivity index is 1.73. The van der Waals surface area contributed by atoms with E-state index >= 15 is 0 Å². The number of carbonyl (C=O) groups excluding carboxylic acids is 2. The summed E-state index contributed by atoms with van der Waals surface area (Å²) in [5, 5.41) is 4.76. The van der Waals surface area contributed by atoms with Crippen LogP contribution in [0, 0.1) is 5.41 Å². The van der Waals surface area contributed by atoms with Crippen molar-refractivity contribution in [2.75, 3.05) is 19.8 Å². The van der Waals surface area contributed by atoms with Crippen LogP contribution in [0.15, 0.2) is 36.0 Å². The summed E-state index contributed by atoms with van der Waals surface area (Å²) < 4.78 is 7.19. The summed E-state index contributed by atoms with van der Waals surface area (Å²) in [5.41, 5.74) is 5.69. The van der Waals surface area contributed by atoms with Crippen LogP contribution in [-0.4, -0.2) is 36.1 Å². The van der Waals surface area contributed by atoms with Crippen LogP contribution in [0.1, 0.15) is 22.5 Å². The van der Waals surface area contributed by atoms with E-state index < -0.39 is 5.41 Å². The fraction of sp³-hybridized carbons (Fsp3) is 0.375. The third-order valence-corrected chi connectivity index (χ3v) is 5.20. The molecule has 1 aliphatic rings. The van der Waals surface area contributed by atoms with Gasteiger partial charge in [-0.3, -0.25) is 9.59 Å². The van der Waals surface area contributed by atoms with Gasteiger partial charge in [-0.2, -0.15) is 0 Å². The van der Waals surface area contributed by atoms with Crippen LogP contribution in [0.5, 0.6) is 0 Å². The molecule has 23 heavy (non-hydrogen) atoms. The second-order valence-electron chi connectivity index (χ2n) is 5.66. The molecule has 0 radical (unpaired) electrons. The Labute approximate surface area is 138 Å². The van der Waals surface area contributed by atoms with Gasteiger partial charge in [0.2, 0.25) is 5.91 Å². The quantitative estimate of drug-likeness (QED) is 0.870. The van der Waals surface area contributed by atoms with Crippen LogP contribution in [0.2, 0.25) is 0 Å². The van der Waals surface area contributed by atoms with Crippen LogP contribution in [0.25, 0.3) is 5.69 Å². The van der Waals surface area contributed by atoms with Crippen molar-refractivity contribution in [2.45, 2.75) is 12.8 Å². The average Bonchev–Trinajstić information content (AvgIpc) is 3.23. The maximum atomic E-state index is 12.5. The highest BCUT2D eigenvalue weighted by Gasteiger charge is 2.38. The summed E-state index contributed by atoms with van der Waals surface area (Å²) in [6.07, 6.45) is 4.86. The molecule has 1 aliphatic heterocycles. The van der Waals surface area contributed by atoms with Gasteiger partial charge in [0, 0.05) is 32.2 Å². The molecule has 0 bridgehead atoms. The Kier molecular flexibility index (Phi) is 4.49. The molecule has 2 aromatic heterocycles. The normalized spacial score (nSPS) is 16.9. The number of rotatable bonds is 5. The summed E-state index contributed by atoms with van der Waals surface area (Å²) in [4.78, 5) is 25.0. The number of hydrogen-bond acceptors (Lipinski definition) is 4. The number of nitrogens with one attached hydrogen (secondary N) is 1. The van der Waals surface area contributed by atoms with Crippen molar-refractivity contribution in [3.63, 3.8) is 0 Å². The first kappa shape index (κ1) is 15.8. The van der Waals surface area contributed by atoms with E-state index in [1.54, 1.807) is 0 Å². The number of carbonyl (C=O) groups is 2. The molecule has 1 fully saturated rings. The van der Waals surface area contributed by atoms with Gasteiger partial charge in [0.25, 0.3) is 5.91 Å². The van der Waals surface area contributed by atoms with Crippen molar-refractivity contribution in [3.05, 3.63) is 40.8 Å². The van der Waals surface area contributed by atoms with E-state index in [1.165, 1.54) is 11.3 Å². The third-order valence-electron chi connectivity index (χ3n) is 4.29. The fourth-order valence-electron chi connectivity index (χ4n) is 2.77. The predicted molar refractivity (Wildman–Crippen MR) is 87.7 cm³/mol. The molecule has 122 valence electrons. The van der Waals surface area contributed by atoms with Gasteiger partial charge in [-0.05, 0) is 36.4 Å². The molecule has 0 aromatic carbocycles. The standard InChI is InChI=1S/C16H19N3O3S/c17-15(21)16(4-8-22-9-5-16)11-18-14(20)13-12(3-10-23-13)19-6-1-2-7-19/h1-3,6-7,10H,4-5,8-9,11H2,(H2,17,21)(H,18,20). The minimum Gasteiger partial charge on any atom is -0.381 e. The van der Waals surface area contributed by atoms with E-state index in [0.29, 0.717) is 30.9 Å². The van der Waals surface area contributed by atoms with Crippen molar-refractivity contribution < 1.29 is 14.3 Å². The Hall–Kier alpha value is -2.12. The van der Waals surface area contributed by atoms with Gasteiger partial charge in [0.1, 0.15) is 4.88 Å². The molecule has 0 spiro atoms. The molecule has 0 unspecified atom stereocenters. The highest BCUT2D eigenvalue weighted by molar-refractivity contribution is 7.12. The molecule has 2 aromatic rings. The summed E-state index contributed by atoms with van der Waals surface area (Å²) in [6.45, 7) is 1.23. The van der Waals surface area contributed by atoms with Crippen LogP contribution in [-0.2, 0) is 9.53 Å². The van der Waals surface area contributed by atoms with Gasteiger partial charge >= 0.3 is 0 Å². The average molecular weight is 333 g/mol. The second kappa shape index (κ2) is 6.55. The zero-order valence-electron chi connectivity index (χ0n) is 12.7.